The van der Waals surface area contributed by atoms with E-state index in [0.717, 1.165) is 27.0 Å². The van der Waals surface area contributed by atoms with E-state index in [9.17, 15) is 5.26 Å². The van der Waals surface area contributed by atoms with Crippen LogP contribution in [-0.4, -0.2) is 4.98 Å². The summed E-state index contributed by atoms with van der Waals surface area (Å²) in [6.45, 7) is 6.21. The maximum Gasteiger partial charge on any atom is 0.136 e. The predicted molar refractivity (Wildman–Crippen MR) is 113 cm³/mol. The lowest BCUT2D eigenvalue weighted by Crippen LogP contribution is -1.93. The van der Waals surface area contributed by atoms with E-state index in [0.29, 0.717) is 10.6 Å². The first kappa shape index (κ1) is 18.4. The lowest BCUT2D eigenvalue weighted by Gasteiger charge is -2.06. The van der Waals surface area contributed by atoms with Crippen LogP contribution in [0.1, 0.15) is 21.7 Å². The largest absolute Gasteiger partial charge is 0.360 e. The first-order chi connectivity index (χ1) is 12.5. The van der Waals surface area contributed by atoms with E-state index in [1.807, 2.05) is 30.5 Å². The number of allylic oxidation sites excluding steroid dienone is 1. The first-order valence-electron chi connectivity index (χ1n) is 8.14. The van der Waals surface area contributed by atoms with Gasteiger partial charge in [0.2, 0.25) is 0 Å². The van der Waals surface area contributed by atoms with Crippen LogP contribution in [0.15, 0.2) is 52.5 Å². The fourth-order valence-corrected chi connectivity index (χ4v) is 3.78. The molecule has 130 valence electrons. The van der Waals surface area contributed by atoms with Crippen LogP contribution in [0.5, 0.6) is 0 Å². The summed E-state index contributed by atoms with van der Waals surface area (Å²) in [5.74, 6) is 0. The summed E-state index contributed by atoms with van der Waals surface area (Å²) in [5.41, 5.74) is 7.05. The molecule has 5 heteroatoms. The van der Waals surface area contributed by atoms with E-state index in [-0.39, 0.29) is 0 Å². The highest BCUT2D eigenvalue weighted by molar-refractivity contribution is 9.10. The zero-order chi connectivity index (χ0) is 18.7. The summed E-state index contributed by atoms with van der Waals surface area (Å²) in [5, 5.41) is 15.5. The van der Waals surface area contributed by atoms with Crippen molar-refractivity contribution in [3.8, 4) is 17.3 Å². The minimum absolute atomic E-state index is 0.521. The maximum absolute atomic E-state index is 9.53. The molecular formula is C21H18BrN3S. The molecule has 0 radical (unpaired) electrons. The van der Waals surface area contributed by atoms with Gasteiger partial charge in [-0.1, -0.05) is 28.1 Å². The number of hydrogen-bond acceptors (Lipinski definition) is 4. The monoisotopic (exact) mass is 423 g/mol. The number of thiazole rings is 1. The minimum atomic E-state index is 0.521. The number of nitrogens with one attached hydrogen (secondary N) is 1. The summed E-state index contributed by atoms with van der Waals surface area (Å²) >= 11 is 4.94. The molecule has 0 bridgehead atoms. The molecular weight excluding hydrogens is 406 g/mol. The van der Waals surface area contributed by atoms with E-state index in [1.54, 1.807) is 6.20 Å². The molecule has 0 aliphatic carbocycles. The molecule has 0 aliphatic rings. The van der Waals surface area contributed by atoms with Gasteiger partial charge in [0, 0.05) is 27.3 Å². The Morgan fingerprint density at radius 3 is 2.62 bits per heavy atom. The van der Waals surface area contributed by atoms with Crippen LogP contribution < -0.4 is 5.32 Å². The second-order valence-electron chi connectivity index (χ2n) is 6.11. The third-order valence-electron chi connectivity index (χ3n) is 4.22. The molecule has 0 spiro atoms. The van der Waals surface area contributed by atoms with Gasteiger partial charge in [0.25, 0.3) is 0 Å². The average molecular weight is 424 g/mol. The molecule has 1 N–H and O–H groups in total. The Labute approximate surface area is 166 Å². The molecule has 3 nitrogen and oxygen atoms in total. The van der Waals surface area contributed by atoms with Gasteiger partial charge in [-0.25, -0.2) is 4.98 Å². The quantitative estimate of drug-likeness (QED) is 0.488. The summed E-state index contributed by atoms with van der Waals surface area (Å²) in [4.78, 5) is 4.65. The van der Waals surface area contributed by atoms with Crippen molar-refractivity contribution in [2.45, 2.75) is 20.8 Å². The summed E-state index contributed by atoms with van der Waals surface area (Å²) in [7, 11) is 0. The molecule has 0 fully saturated rings. The second-order valence-corrected chi connectivity index (χ2v) is 7.88. The number of benzene rings is 2. The molecule has 1 heterocycles. The second kappa shape index (κ2) is 7.86. The predicted octanol–water partition coefficient (Wildman–Crippen LogP) is 6.47. The van der Waals surface area contributed by atoms with Gasteiger partial charge >= 0.3 is 0 Å². The van der Waals surface area contributed by atoms with Gasteiger partial charge in [-0.2, -0.15) is 5.26 Å². The zero-order valence-electron chi connectivity index (χ0n) is 14.8. The molecule has 0 amide bonds. The van der Waals surface area contributed by atoms with E-state index in [2.05, 4.69) is 64.3 Å². The fraction of sp³-hybridized carbons (Fsp3) is 0.143. The number of anilines is 1. The number of nitrogens with zero attached hydrogens (tertiary/aromatic N) is 2. The zero-order valence-corrected chi connectivity index (χ0v) is 17.2. The van der Waals surface area contributed by atoms with Gasteiger partial charge in [-0.05, 0) is 61.7 Å². The van der Waals surface area contributed by atoms with Crippen molar-refractivity contribution in [2.75, 3.05) is 5.32 Å². The Balaban J connectivity index is 1.86. The van der Waals surface area contributed by atoms with Crippen LogP contribution in [0, 0.1) is 32.1 Å². The van der Waals surface area contributed by atoms with E-state index >= 15 is 0 Å². The molecule has 0 atom stereocenters. The minimum Gasteiger partial charge on any atom is -0.360 e. The van der Waals surface area contributed by atoms with Crippen LogP contribution in [0.3, 0.4) is 0 Å². The lowest BCUT2D eigenvalue weighted by molar-refractivity contribution is 1.31. The molecule has 2 aromatic carbocycles. The van der Waals surface area contributed by atoms with Gasteiger partial charge in [0.15, 0.2) is 0 Å². The van der Waals surface area contributed by atoms with Crippen molar-refractivity contribution in [2.24, 2.45) is 0 Å². The third kappa shape index (κ3) is 4.04. The van der Waals surface area contributed by atoms with Crippen molar-refractivity contribution < 1.29 is 0 Å². The topological polar surface area (TPSA) is 48.7 Å². The number of nitriles is 1. The third-order valence-corrected chi connectivity index (χ3v) is 5.59. The molecule has 26 heavy (non-hydrogen) atoms. The van der Waals surface area contributed by atoms with Crippen LogP contribution in [0.2, 0.25) is 0 Å². The average Bonchev–Trinajstić information content (AvgIpc) is 3.09. The van der Waals surface area contributed by atoms with Gasteiger partial charge < -0.3 is 5.32 Å². The Bertz CT molecular complexity index is 1030. The van der Waals surface area contributed by atoms with Gasteiger partial charge in [0.05, 0.1) is 5.69 Å². The Kier molecular flexibility index (Phi) is 5.55. The van der Waals surface area contributed by atoms with Gasteiger partial charge in [0.1, 0.15) is 16.6 Å². The molecule has 0 saturated heterocycles. The summed E-state index contributed by atoms with van der Waals surface area (Å²) in [6.07, 6.45) is 1.72. The van der Waals surface area contributed by atoms with Crippen LogP contribution in [-0.2, 0) is 0 Å². The highest BCUT2D eigenvalue weighted by atomic mass is 79.9. The molecule has 3 rings (SSSR count). The number of aryl methyl sites for hydroxylation is 3. The van der Waals surface area contributed by atoms with Gasteiger partial charge in [-0.3, -0.25) is 0 Å². The molecule has 0 saturated carbocycles. The van der Waals surface area contributed by atoms with Crippen molar-refractivity contribution in [1.82, 2.24) is 4.98 Å². The van der Waals surface area contributed by atoms with Crippen LogP contribution >= 0.6 is 27.3 Å². The van der Waals surface area contributed by atoms with Crippen molar-refractivity contribution >= 4 is 38.5 Å². The number of hydrogen-bond donors (Lipinski definition) is 1. The first-order valence-corrected chi connectivity index (χ1v) is 9.81. The molecule has 1 aromatic heterocycles. The summed E-state index contributed by atoms with van der Waals surface area (Å²) < 4.78 is 1.03. The van der Waals surface area contributed by atoms with Crippen molar-refractivity contribution in [3.05, 3.63) is 74.1 Å². The van der Waals surface area contributed by atoms with E-state index < -0.39 is 0 Å². The van der Waals surface area contributed by atoms with Crippen molar-refractivity contribution in [3.63, 3.8) is 0 Å². The van der Waals surface area contributed by atoms with E-state index in [1.165, 1.54) is 22.5 Å². The SMILES string of the molecule is Cc1ccc(-c2csc(C(C#N)=CNc3ccc(Br)cc3C)n2)cc1C. The Hall–Kier alpha value is -2.42. The molecule has 0 aliphatic heterocycles. The van der Waals surface area contributed by atoms with Crippen LogP contribution in [0.25, 0.3) is 16.8 Å². The number of aromatic nitrogens is 1. The van der Waals surface area contributed by atoms with Crippen molar-refractivity contribution in [1.29, 1.82) is 5.26 Å². The number of halogens is 1. The molecule has 0 unspecified atom stereocenters. The molecule has 3 aromatic rings. The standard InChI is InChI=1S/C21H18BrN3S/c1-13-4-5-16(8-14(13)2)20-12-26-21(25-20)17(10-23)11-24-19-7-6-18(22)9-15(19)3/h4-9,11-12,24H,1-3H3. The highest BCUT2D eigenvalue weighted by Crippen LogP contribution is 2.28. The normalized spacial score (nSPS) is 11.3. The van der Waals surface area contributed by atoms with E-state index in [4.69, 9.17) is 0 Å². The lowest BCUT2D eigenvalue weighted by atomic mass is 10.1. The fourth-order valence-electron chi connectivity index (χ4n) is 2.51. The summed E-state index contributed by atoms with van der Waals surface area (Å²) in [6, 6.07) is 14.5. The maximum atomic E-state index is 9.53. The number of rotatable bonds is 4. The Morgan fingerprint density at radius 2 is 1.92 bits per heavy atom. The highest BCUT2D eigenvalue weighted by Gasteiger charge is 2.10. The van der Waals surface area contributed by atoms with Gasteiger partial charge in [-0.15, -0.1) is 11.3 Å². The smallest absolute Gasteiger partial charge is 0.136 e. The Morgan fingerprint density at radius 1 is 1.12 bits per heavy atom. The van der Waals surface area contributed by atoms with Crippen LogP contribution in [0.4, 0.5) is 5.69 Å².